The number of piperidine rings is 1. The van der Waals surface area contributed by atoms with E-state index >= 15 is 0 Å². The Kier molecular flexibility index (Phi) is 4.91. The van der Waals surface area contributed by atoms with Crippen LogP contribution < -0.4 is 0 Å². The van der Waals surface area contributed by atoms with Gasteiger partial charge in [-0.3, -0.25) is 10.00 Å². The van der Waals surface area contributed by atoms with E-state index in [2.05, 4.69) is 15.1 Å². The quantitative estimate of drug-likeness (QED) is 0.906. The molecule has 0 amide bonds. The molecule has 2 fully saturated rings. The van der Waals surface area contributed by atoms with Gasteiger partial charge in [0.25, 0.3) is 0 Å². The second-order valence-corrected chi connectivity index (χ2v) is 6.49. The molecule has 1 saturated heterocycles. The third kappa shape index (κ3) is 3.14. The van der Waals surface area contributed by atoms with Crippen LogP contribution in [0.25, 0.3) is 0 Å². The Bertz CT molecular complexity index is 433. The molecule has 0 spiro atoms. The number of methoxy groups -OCH3 is 1. The Morgan fingerprint density at radius 3 is 2.52 bits per heavy atom. The van der Waals surface area contributed by atoms with Gasteiger partial charge in [0.2, 0.25) is 0 Å². The maximum Gasteiger partial charge on any atom is 0.170 e. The van der Waals surface area contributed by atoms with E-state index in [-0.39, 0.29) is 5.54 Å². The van der Waals surface area contributed by atoms with Gasteiger partial charge < -0.3 is 4.74 Å². The first-order valence-electron chi connectivity index (χ1n) is 8.51. The molecular weight excluding hydrogens is 264 g/mol. The lowest BCUT2D eigenvalue weighted by Crippen LogP contribution is -2.50. The zero-order chi connectivity index (χ0) is 14.5. The molecule has 2 aliphatic rings. The molecule has 1 aromatic rings. The van der Waals surface area contributed by atoms with Crippen molar-refractivity contribution in [3.8, 4) is 0 Å². The summed E-state index contributed by atoms with van der Waals surface area (Å²) in [6, 6.07) is 0. The highest BCUT2D eigenvalue weighted by molar-refractivity contribution is 5.10. The van der Waals surface area contributed by atoms with E-state index in [1.807, 2.05) is 0 Å². The van der Waals surface area contributed by atoms with Gasteiger partial charge in [-0.05, 0) is 38.8 Å². The number of aromatic nitrogens is 3. The molecule has 2 heterocycles. The average Bonchev–Trinajstić information content (AvgIpc) is 3.04. The lowest BCUT2D eigenvalue weighted by Gasteiger charge is -2.46. The van der Waals surface area contributed by atoms with Crippen LogP contribution in [0.2, 0.25) is 0 Å². The number of aromatic amines is 1. The SMILES string of the molecule is COCCc1nc(C2(N3CCCCC3)CCCCC2)n[nH]1. The molecule has 1 aliphatic heterocycles. The number of nitrogens with one attached hydrogen (secondary N) is 1. The summed E-state index contributed by atoms with van der Waals surface area (Å²) in [5.41, 5.74) is 0.0977. The number of rotatable bonds is 5. The highest BCUT2D eigenvalue weighted by Crippen LogP contribution is 2.42. The van der Waals surface area contributed by atoms with Crippen LogP contribution in [0.1, 0.15) is 63.0 Å². The van der Waals surface area contributed by atoms with Gasteiger partial charge in [0.15, 0.2) is 5.82 Å². The predicted octanol–water partition coefficient (Wildman–Crippen LogP) is 2.64. The molecule has 5 heteroatoms. The molecule has 5 nitrogen and oxygen atoms in total. The van der Waals surface area contributed by atoms with Crippen LogP contribution in [0, 0.1) is 0 Å². The lowest BCUT2D eigenvalue weighted by molar-refractivity contribution is 0.0234. The number of ether oxygens (including phenoxy) is 1. The third-order valence-electron chi connectivity index (χ3n) is 5.13. The minimum absolute atomic E-state index is 0.0977. The Hall–Kier alpha value is -0.940. The largest absolute Gasteiger partial charge is 0.384 e. The first kappa shape index (κ1) is 15.0. The molecule has 3 rings (SSSR count). The fourth-order valence-corrected chi connectivity index (χ4v) is 3.95. The average molecular weight is 292 g/mol. The molecule has 118 valence electrons. The molecular formula is C16H28N4O. The second-order valence-electron chi connectivity index (χ2n) is 6.49. The first-order chi connectivity index (χ1) is 10.3. The maximum absolute atomic E-state index is 5.14. The van der Waals surface area contributed by atoms with Gasteiger partial charge >= 0.3 is 0 Å². The van der Waals surface area contributed by atoms with E-state index in [1.165, 1.54) is 64.5 Å². The van der Waals surface area contributed by atoms with E-state index in [0.717, 1.165) is 18.1 Å². The van der Waals surface area contributed by atoms with E-state index in [4.69, 9.17) is 9.72 Å². The van der Waals surface area contributed by atoms with Crippen molar-refractivity contribution in [2.75, 3.05) is 26.8 Å². The number of likely N-dealkylation sites (tertiary alicyclic amines) is 1. The van der Waals surface area contributed by atoms with Crippen LogP contribution in [0.3, 0.4) is 0 Å². The van der Waals surface area contributed by atoms with E-state index in [0.29, 0.717) is 6.61 Å². The summed E-state index contributed by atoms with van der Waals surface area (Å²) in [6.07, 6.45) is 11.2. The van der Waals surface area contributed by atoms with Crippen LogP contribution >= 0.6 is 0 Å². The van der Waals surface area contributed by atoms with Crippen molar-refractivity contribution in [3.05, 3.63) is 11.6 Å². The van der Waals surface area contributed by atoms with Crippen LogP contribution in [-0.2, 0) is 16.7 Å². The molecule has 0 atom stereocenters. The molecule has 0 radical (unpaired) electrons. The normalized spacial score (nSPS) is 23.3. The molecule has 0 bridgehead atoms. The van der Waals surface area contributed by atoms with Gasteiger partial charge in [-0.25, -0.2) is 4.98 Å². The van der Waals surface area contributed by atoms with Gasteiger partial charge in [0, 0.05) is 13.5 Å². The number of hydrogen-bond donors (Lipinski definition) is 1. The van der Waals surface area contributed by atoms with Crippen molar-refractivity contribution in [3.63, 3.8) is 0 Å². The minimum Gasteiger partial charge on any atom is -0.384 e. The first-order valence-corrected chi connectivity index (χ1v) is 8.51. The Labute approximate surface area is 127 Å². The second kappa shape index (κ2) is 6.88. The van der Waals surface area contributed by atoms with Crippen molar-refractivity contribution in [1.82, 2.24) is 20.1 Å². The summed E-state index contributed by atoms with van der Waals surface area (Å²) in [7, 11) is 1.73. The minimum atomic E-state index is 0.0977. The van der Waals surface area contributed by atoms with Gasteiger partial charge in [-0.1, -0.05) is 25.7 Å². The fraction of sp³-hybridized carbons (Fsp3) is 0.875. The zero-order valence-electron chi connectivity index (χ0n) is 13.2. The lowest BCUT2D eigenvalue weighted by atomic mass is 9.78. The molecule has 0 unspecified atom stereocenters. The van der Waals surface area contributed by atoms with Crippen molar-refractivity contribution < 1.29 is 4.74 Å². The molecule has 1 aromatic heterocycles. The van der Waals surface area contributed by atoms with Gasteiger partial charge in [0.05, 0.1) is 12.1 Å². The number of nitrogens with zero attached hydrogens (tertiary/aromatic N) is 3. The Morgan fingerprint density at radius 2 is 1.81 bits per heavy atom. The van der Waals surface area contributed by atoms with Crippen LogP contribution in [0.5, 0.6) is 0 Å². The van der Waals surface area contributed by atoms with Crippen molar-refractivity contribution in [2.45, 2.75) is 63.3 Å². The number of H-pyrrole nitrogens is 1. The summed E-state index contributed by atoms with van der Waals surface area (Å²) < 4.78 is 5.14. The Morgan fingerprint density at radius 1 is 1.10 bits per heavy atom. The van der Waals surface area contributed by atoms with E-state index < -0.39 is 0 Å². The van der Waals surface area contributed by atoms with Gasteiger partial charge in [-0.15, -0.1) is 0 Å². The van der Waals surface area contributed by atoms with Crippen molar-refractivity contribution in [1.29, 1.82) is 0 Å². The van der Waals surface area contributed by atoms with Gasteiger partial charge in [0.1, 0.15) is 5.82 Å². The smallest absolute Gasteiger partial charge is 0.170 e. The van der Waals surface area contributed by atoms with Gasteiger partial charge in [-0.2, -0.15) is 5.10 Å². The Balaban J connectivity index is 1.82. The predicted molar refractivity (Wildman–Crippen MR) is 82.1 cm³/mol. The molecule has 0 aromatic carbocycles. The highest BCUT2D eigenvalue weighted by atomic mass is 16.5. The maximum atomic E-state index is 5.14. The summed E-state index contributed by atoms with van der Waals surface area (Å²) in [6.45, 7) is 3.12. The van der Waals surface area contributed by atoms with Crippen LogP contribution in [0.4, 0.5) is 0 Å². The summed E-state index contributed by atoms with van der Waals surface area (Å²) in [5.74, 6) is 2.00. The summed E-state index contributed by atoms with van der Waals surface area (Å²) in [5, 5.41) is 7.74. The third-order valence-corrected chi connectivity index (χ3v) is 5.13. The molecule has 21 heavy (non-hydrogen) atoms. The van der Waals surface area contributed by atoms with Crippen LogP contribution in [-0.4, -0.2) is 46.9 Å². The van der Waals surface area contributed by atoms with Crippen molar-refractivity contribution >= 4 is 0 Å². The molecule has 1 aliphatic carbocycles. The van der Waals surface area contributed by atoms with Crippen molar-refractivity contribution in [2.24, 2.45) is 0 Å². The van der Waals surface area contributed by atoms with E-state index in [9.17, 15) is 0 Å². The zero-order valence-corrected chi connectivity index (χ0v) is 13.2. The molecule has 1 N–H and O–H groups in total. The molecule has 1 saturated carbocycles. The number of hydrogen-bond acceptors (Lipinski definition) is 4. The highest BCUT2D eigenvalue weighted by Gasteiger charge is 2.43. The summed E-state index contributed by atoms with van der Waals surface area (Å²) >= 11 is 0. The summed E-state index contributed by atoms with van der Waals surface area (Å²) in [4.78, 5) is 7.51. The topological polar surface area (TPSA) is 54.0 Å². The van der Waals surface area contributed by atoms with Crippen LogP contribution in [0.15, 0.2) is 0 Å². The monoisotopic (exact) mass is 292 g/mol. The van der Waals surface area contributed by atoms with E-state index in [1.54, 1.807) is 7.11 Å². The fourth-order valence-electron chi connectivity index (χ4n) is 3.95. The standard InChI is InChI=1S/C16H28N4O/c1-21-13-8-14-17-15(19-18-14)16(9-4-2-5-10-16)20-11-6-3-7-12-20/h2-13H2,1H3,(H,17,18,19).